The average molecular weight is 358 g/mol. The second kappa shape index (κ2) is 7.38. The lowest BCUT2D eigenvalue weighted by atomic mass is 10.1. The van der Waals surface area contributed by atoms with Crippen molar-refractivity contribution in [3.05, 3.63) is 70.9 Å². The van der Waals surface area contributed by atoms with Gasteiger partial charge >= 0.3 is 0 Å². The normalized spacial score (nSPS) is 11.9. The molecule has 1 atom stereocenters. The summed E-state index contributed by atoms with van der Waals surface area (Å²) in [5.41, 5.74) is 2.28. The molecule has 1 unspecified atom stereocenters. The van der Waals surface area contributed by atoms with E-state index in [1.807, 2.05) is 0 Å². The number of hydrogen-bond acceptors (Lipinski definition) is 4. The Bertz CT molecular complexity index is 877. The fraction of sp³-hybridized carbons (Fsp3) is 0.111. The number of phenols is 1. The number of aliphatic hydroxyl groups excluding tert-OH is 1. The summed E-state index contributed by atoms with van der Waals surface area (Å²) in [6.45, 7) is -0.302. The van der Waals surface area contributed by atoms with Gasteiger partial charge in [0.1, 0.15) is 5.75 Å². The molecule has 0 fully saturated rings. The Labute approximate surface area is 149 Å². The number of nitrogens with zero attached hydrogens (tertiary/aromatic N) is 1. The number of carbonyl (C=O) groups is 1. The van der Waals surface area contributed by atoms with Crippen molar-refractivity contribution in [3.63, 3.8) is 0 Å². The standard InChI is InChI=1S/C18H16ClN3O3/c19-13-6-4-11(5-7-13)17-15(9-20-22-17)18(25)21-16(10-23)12-2-1-3-14(24)8-12/h1-9,16,23-24H,10H2,(H,20,22)(H,21,25). The summed E-state index contributed by atoms with van der Waals surface area (Å²) < 4.78 is 0. The summed E-state index contributed by atoms with van der Waals surface area (Å²) in [6.07, 6.45) is 1.43. The van der Waals surface area contributed by atoms with Gasteiger partial charge in [0.25, 0.3) is 5.91 Å². The number of aromatic hydroxyl groups is 1. The highest BCUT2D eigenvalue weighted by Gasteiger charge is 2.20. The largest absolute Gasteiger partial charge is 0.508 e. The van der Waals surface area contributed by atoms with Gasteiger partial charge in [-0.1, -0.05) is 35.9 Å². The van der Waals surface area contributed by atoms with Crippen molar-refractivity contribution < 1.29 is 15.0 Å². The summed E-state index contributed by atoms with van der Waals surface area (Å²) in [5, 5.41) is 29.3. The maximum absolute atomic E-state index is 12.6. The number of aromatic amines is 1. The predicted molar refractivity (Wildman–Crippen MR) is 94.4 cm³/mol. The maximum Gasteiger partial charge on any atom is 0.255 e. The van der Waals surface area contributed by atoms with Crippen molar-refractivity contribution in [3.8, 4) is 17.0 Å². The van der Waals surface area contributed by atoms with Crippen molar-refractivity contribution in [2.24, 2.45) is 0 Å². The molecule has 2 aromatic carbocycles. The molecule has 0 saturated carbocycles. The van der Waals surface area contributed by atoms with Crippen LogP contribution in [0.5, 0.6) is 5.75 Å². The quantitative estimate of drug-likeness (QED) is 0.564. The first-order valence-electron chi connectivity index (χ1n) is 7.58. The molecule has 25 heavy (non-hydrogen) atoms. The summed E-state index contributed by atoms with van der Waals surface area (Å²) in [6, 6.07) is 12.8. The van der Waals surface area contributed by atoms with Crippen LogP contribution in [0.4, 0.5) is 0 Å². The van der Waals surface area contributed by atoms with Gasteiger partial charge in [0.2, 0.25) is 0 Å². The van der Waals surface area contributed by atoms with Gasteiger partial charge in [-0.05, 0) is 29.8 Å². The van der Waals surface area contributed by atoms with E-state index in [1.54, 1.807) is 36.4 Å². The third kappa shape index (κ3) is 3.81. The molecule has 0 aliphatic rings. The molecular weight excluding hydrogens is 342 g/mol. The zero-order valence-corrected chi connectivity index (χ0v) is 13.9. The number of hydrogen-bond donors (Lipinski definition) is 4. The topological polar surface area (TPSA) is 98.2 Å². The highest BCUT2D eigenvalue weighted by Crippen LogP contribution is 2.24. The number of aliphatic hydroxyl groups is 1. The van der Waals surface area contributed by atoms with Crippen LogP contribution in [0.1, 0.15) is 22.0 Å². The summed E-state index contributed by atoms with van der Waals surface area (Å²) >= 11 is 5.89. The Morgan fingerprint density at radius 2 is 2.00 bits per heavy atom. The molecule has 0 bridgehead atoms. The van der Waals surface area contributed by atoms with E-state index in [0.717, 1.165) is 5.56 Å². The van der Waals surface area contributed by atoms with Gasteiger partial charge in [0.05, 0.1) is 30.1 Å². The van der Waals surface area contributed by atoms with Crippen LogP contribution in [0.15, 0.2) is 54.7 Å². The molecule has 3 aromatic rings. The van der Waals surface area contributed by atoms with Crippen LogP contribution in [-0.2, 0) is 0 Å². The molecule has 128 valence electrons. The SMILES string of the molecule is O=C(NC(CO)c1cccc(O)c1)c1cn[nH]c1-c1ccc(Cl)cc1. The minimum Gasteiger partial charge on any atom is -0.508 e. The maximum atomic E-state index is 12.6. The van der Waals surface area contributed by atoms with Crippen LogP contribution >= 0.6 is 11.6 Å². The van der Waals surface area contributed by atoms with E-state index in [2.05, 4.69) is 15.5 Å². The van der Waals surface area contributed by atoms with Crippen LogP contribution in [0.2, 0.25) is 5.02 Å². The Kier molecular flexibility index (Phi) is 5.02. The monoisotopic (exact) mass is 357 g/mol. The van der Waals surface area contributed by atoms with Crippen LogP contribution in [0.3, 0.4) is 0 Å². The highest BCUT2D eigenvalue weighted by atomic mass is 35.5. The van der Waals surface area contributed by atoms with Gasteiger partial charge in [0.15, 0.2) is 0 Å². The molecule has 1 aromatic heterocycles. The van der Waals surface area contributed by atoms with Gasteiger partial charge in [-0.25, -0.2) is 0 Å². The number of amides is 1. The summed E-state index contributed by atoms with van der Waals surface area (Å²) in [5.74, 6) is -0.323. The number of benzene rings is 2. The Balaban J connectivity index is 1.84. The van der Waals surface area contributed by atoms with E-state index in [0.29, 0.717) is 21.8 Å². The molecule has 0 radical (unpaired) electrons. The number of rotatable bonds is 5. The number of aromatic nitrogens is 2. The molecule has 1 heterocycles. The molecule has 0 aliphatic heterocycles. The van der Waals surface area contributed by atoms with Gasteiger partial charge in [-0.3, -0.25) is 9.89 Å². The van der Waals surface area contributed by atoms with Crippen LogP contribution in [0.25, 0.3) is 11.3 Å². The van der Waals surface area contributed by atoms with Crippen LogP contribution < -0.4 is 5.32 Å². The average Bonchev–Trinajstić information content (AvgIpc) is 3.10. The molecule has 4 N–H and O–H groups in total. The van der Waals surface area contributed by atoms with Crippen molar-refractivity contribution in [1.82, 2.24) is 15.5 Å². The third-order valence-electron chi connectivity index (χ3n) is 3.78. The number of carbonyl (C=O) groups excluding carboxylic acids is 1. The van der Waals surface area contributed by atoms with Crippen LogP contribution in [0, 0.1) is 0 Å². The van der Waals surface area contributed by atoms with Crippen LogP contribution in [-0.4, -0.2) is 32.9 Å². The zero-order valence-electron chi connectivity index (χ0n) is 13.1. The first-order valence-corrected chi connectivity index (χ1v) is 7.96. The molecule has 0 spiro atoms. The van der Waals surface area contributed by atoms with E-state index in [1.165, 1.54) is 18.3 Å². The van der Waals surface area contributed by atoms with E-state index < -0.39 is 6.04 Å². The second-order valence-corrected chi connectivity index (χ2v) is 5.91. The Morgan fingerprint density at radius 1 is 1.24 bits per heavy atom. The molecule has 3 rings (SSSR count). The molecule has 0 saturated heterocycles. The van der Waals surface area contributed by atoms with Gasteiger partial charge in [-0.15, -0.1) is 0 Å². The van der Waals surface area contributed by atoms with Crippen molar-refractivity contribution in [2.75, 3.05) is 6.61 Å². The molecular formula is C18H16ClN3O3. The second-order valence-electron chi connectivity index (χ2n) is 5.47. The molecule has 7 heteroatoms. The minimum atomic E-state index is -0.646. The van der Waals surface area contributed by atoms with Gasteiger partial charge in [0, 0.05) is 10.6 Å². The molecule has 1 amide bonds. The van der Waals surface area contributed by atoms with Crippen molar-refractivity contribution in [2.45, 2.75) is 6.04 Å². The van der Waals surface area contributed by atoms with Crippen molar-refractivity contribution >= 4 is 17.5 Å². The van der Waals surface area contributed by atoms with Crippen molar-refractivity contribution in [1.29, 1.82) is 0 Å². The summed E-state index contributed by atoms with van der Waals surface area (Å²) in [4.78, 5) is 12.6. The third-order valence-corrected chi connectivity index (χ3v) is 4.03. The van der Waals surface area contributed by atoms with Gasteiger partial charge < -0.3 is 15.5 Å². The lowest BCUT2D eigenvalue weighted by Gasteiger charge is -2.17. The zero-order chi connectivity index (χ0) is 17.8. The minimum absolute atomic E-state index is 0.0652. The number of halogens is 1. The Morgan fingerprint density at radius 3 is 2.68 bits per heavy atom. The summed E-state index contributed by atoms with van der Waals surface area (Å²) in [7, 11) is 0. The Hall–Kier alpha value is -2.83. The van der Waals surface area contributed by atoms with E-state index >= 15 is 0 Å². The van der Waals surface area contributed by atoms with E-state index in [-0.39, 0.29) is 18.3 Å². The fourth-order valence-electron chi connectivity index (χ4n) is 2.51. The van der Waals surface area contributed by atoms with Gasteiger partial charge in [-0.2, -0.15) is 5.10 Å². The van der Waals surface area contributed by atoms with E-state index in [9.17, 15) is 15.0 Å². The lowest BCUT2D eigenvalue weighted by Crippen LogP contribution is -2.30. The number of nitrogens with one attached hydrogen (secondary N) is 2. The molecule has 0 aliphatic carbocycles. The first kappa shape index (κ1) is 17.0. The predicted octanol–water partition coefficient (Wildman–Crippen LogP) is 2.90. The number of phenolic OH excluding ortho intramolecular Hbond substituents is 1. The van der Waals surface area contributed by atoms with E-state index in [4.69, 9.17) is 11.6 Å². The molecule has 6 nitrogen and oxygen atoms in total. The smallest absolute Gasteiger partial charge is 0.255 e. The number of H-pyrrole nitrogens is 1. The fourth-order valence-corrected chi connectivity index (χ4v) is 2.63. The lowest BCUT2D eigenvalue weighted by molar-refractivity contribution is 0.0917. The first-order chi connectivity index (χ1) is 12.1. The highest BCUT2D eigenvalue weighted by molar-refractivity contribution is 6.30.